The molecule has 3 heterocycles. The van der Waals surface area contributed by atoms with Crippen LogP contribution in [0.2, 0.25) is 10.0 Å². The predicted octanol–water partition coefficient (Wildman–Crippen LogP) is 2.92. The van der Waals surface area contributed by atoms with Crippen molar-refractivity contribution in [1.29, 1.82) is 0 Å². The van der Waals surface area contributed by atoms with Gasteiger partial charge in [0, 0.05) is 45.0 Å². The number of benzene rings is 1. The van der Waals surface area contributed by atoms with Crippen molar-refractivity contribution in [3.63, 3.8) is 0 Å². The molecule has 2 aliphatic rings. The summed E-state index contributed by atoms with van der Waals surface area (Å²) in [6.45, 7) is 3.06. The van der Waals surface area contributed by atoms with Crippen LogP contribution >= 0.6 is 23.2 Å². The van der Waals surface area contributed by atoms with Crippen molar-refractivity contribution in [1.82, 2.24) is 9.80 Å². The quantitative estimate of drug-likeness (QED) is 0.522. The van der Waals surface area contributed by atoms with Crippen LogP contribution in [0.4, 0.5) is 11.6 Å². The van der Waals surface area contributed by atoms with E-state index < -0.39 is 16.7 Å². The second-order valence-electron chi connectivity index (χ2n) is 7.21. The minimum atomic E-state index is -0.698. The van der Waals surface area contributed by atoms with Crippen molar-refractivity contribution < 1.29 is 18.9 Å². The zero-order valence-electron chi connectivity index (χ0n) is 15.8. The van der Waals surface area contributed by atoms with Crippen LogP contribution in [0.1, 0.15) is 10.6 Å². The molecule has 0 saturated carbocycles. The summed E-state index contributed by atoms with van der Waals surface area (Å²) in [7, 11) is 0. The maximum absolute atomic E-state index is 12.7. The molecule has 0 atom stereocenters. The molecule has 0 spiro atoms. The Hall–Kier alpha value is -2.78. The Labute approximate surface area is 181 Å². The first kappa shape index (κ1) is 20.5. The Morgan fingerprint density at radius 1 is 1.00 bits per heavy atom. The van der Waals surface area contributed by atoms with Gasteiger partial charge < -0.3 is 19.1 Å². The SMILES string of the molecule is O=C(c1ccc([N+](=O)[O-])o1)N1CC(C(=O)N2CCN(c3ccc(Cl)c(Cl)c3)CC2)C1. The van der Waals surface area contributed by atoms with Gasteiger partial charge in [-0.1, -0.05) is 23.2 Å². The number of rotatable bonds is 4. The zero-order chi connectivity index (χ0) is 21.4. The zero-order valence-corrected chi connectivity index (χ0v) is 17.3. The van der Waals surface area contributed by atoms with Crippen molar-refractivity contribution in [2.45, 2.75) is 0 Å². The van der Waals surface area contributed by atoms with Gasteiger partial charge in [0.2, 0.25) is 5.91 Å². The molecule has 1 aromatic carbocycles. The summed E-state index contributed by atoms with van der Waals surface area (Å²) in [4.78, 5) is 40.4. The van der Waals surface area contributed by atoms with Gasteiger partial charge in [-0.05, 0) is 24.3 Å². The third-order valence-electron chi connectivity index (χ3n) is 5.36. The fraction of sp³-hybridized carbons (Fsp3) is 0.368. The van der Waals surface area contributed by atoms with Gasteiger partial charge in [0.05, 0.1) is 22.0 Å². The lowest BCUT2D eigenvalue weighted by Crippen LogP contribution is -2.59. The average molecular weight is 453 g/mol. The molecule has 2 aromatic rings. The Balaban J connectivity index is 1.28. The summed E-state index contributed by atoms with van der Waals surface area (Å²) in [6, 6.07) is 7.89. The van der Waals surface area contributed by atoms with E-state index in [9.17, 15) is 19.7 Å². The molecule has 0 radical (unpaired) electrons. The summed E-state index contributed by atoms with van der Waals surface area (Å²) >= 11 is 12.0. The smallest absolute Gasteiger partial charge is 0.395 e. The summed E-state index contributed by atoms with van der Waals surface area (Å²) < 4.78 is 4.94. The largest absolute Gasteiger partial charge is 0.433 e. The van der Waals surface area contributed by atoms with Gasteiger partial charge in [-0.25, -0.2) is 0 Å². The molecule has 158 valence electrons. The molecule has 4 rings (SSSR count). The van der Waals surface area contributed by atoms with Crippen LogP contribution < -0.4 is 4.90 Å². The molecule has 0 aliphatic carbocycles. The Kier molecular flexibility index (Phi) is 5.57. The number of furan rings is 1. The molecular weight excluding hydrogens is 435 g/mol. The Bertz CT molecular complexity index is 997. The van der Waals surface area contributed by atoms with Crippen LogP contribution in [0.5, 0.6) is 0 Å². The second kappa shape index (κ2) is 8.16. The molecular formula is C19H18Cl2N4O5. The number of piperazine rings is 1. The van der Waals surface area contributed by atoms with Gasteiger partial charge in [0.15, 0.2) is 5.76 Å². The number of carbonyl (C=O) groups excluding carboxylic acids is 2. The minimum absolute atomic E-state index is 0.0123. The third-order valence-corrected chi connectivity index (χ3v) is 6.10. The normalized spacial score (nSPS) is 17.1. The number of anilines is 1. The predicted molar refractivity (Wildman–Crippen MR) is 110 cm³/mol. The van der Waals surface area contributed by atoms with Crippen LogP contribution in [0.15, 0.2) is 34.7 Å². The Morgan fingerprint density at radius 2 is 1.70 bits per heavy atom. The van der Waals surface area contributed by atoms with Crippen LogP contribution in [0, 0.1) is 16.0 Å². The van der Waals surface area contributed by atoms with Crippen molar-refractivity contribution in [3.05, 3.63) is 56.3 Å². The van der Waals surface area contributed by atoms with Crippen LogP contribution in [-0.2, 0) is 4.79 Å². The highest BCUT2D eigenvalue weighted by Crippen LogP contribution is 2.28. The second-order valence-corrected chi connectivity index (χ2v) is 8.03. The highest BCUT2D eigenvalue weighted by atomic mass is 35.5. The molecule has 0 bridgehead atoms. The molecule has 9 nitrogen and oxygen atoms in total. The van der Waals surface area contributed by atoms with Crippen LogP contribution in [-0.4, -0.2) is 65.8 Å². The fourth-order valence-corrected chi connectivity index (χ4v) is 3.91. The number of halogens is 2. The standard InChI is InChI=1S/C19H18Cl2N4O5/c20-14-2-1-13(9-15(14)21)22-5-7-23(8-6-22)18(26)12-10-24(11-12)19(27)16-3-4-17(30-16)25(28)29/h1-4,9,12H,5-8,10-11H2. The van der Waals surface area contributed by atoms with E-state index in [-0.39, 0.29) is 30.7 Å². The lowest BCUT2D eigenvalue weighted by Gasteiger charge is -2.42. The van der Waals surface area contributed by atoms with Crippen molar-refractivity contribution in [2.24, 2.45) is 5.92 Å². The molecule has 2 amide bonds. The van der Waals surface area contributed by atoms with Crippen LogP contribution in [0.25, 0.3) is 0 Å². The monoisotopic (exact) mass is 452 g/mol. The van der Waals surface area contributed by atoms with E-state index in [0.29, 0.717) is 36.2 Å². The highest BCUT2D eigenvalue weighted by Gasteiger charge is 2.40. The maximum atomic E-state index is 12.7. The molecule has 1 aromatic heterocycles. The number of likely N-dealkylation sites (tertiary alicyclic amines) is 1. The molecule has 2 fully saturated rings. The number of hydrogen-bond donors (Lipinski definition) is 0. The van der Waals surface area contributed by atoms with E-state index >= 15 is 0 Å². The summed E-state index contributed by atoms with van der Waals surface area (Å²) in [6.07, 6.45) is 0. The van der Waals surface area contributed by atoms with Gasteiger partial charge in [0.1, 0.15) is 4.92 Å². The van der Waals surface area contributed by atoms with E-state index in [1.165, 1.54) is 11.0 Å². The van der Waals surface area contributed by atoms with Gasteiger partial charge in [-0.3, -0.25) is 19.7 Å². The first-order chi connectivity index (χ1) is 14.3. The maximum Gasteiger partial charge on any atom is 0.433 e. The highest BCUT2D eigenvalue weighted by molar-refractivity contribution is 6.42. The lowest BCUT2D eigenvalue weighted by molar-refractivity contribution is -0.402. The number of hydrogen-bond acceptors (Lipinski definition) is 6. The summed E-state index contributed by atoms with van der Waals surface area (Å²) in [5.74, 6) is -1.28. The minimum Gasteiger partial charge on any atom is -0.395 e. The Morgan fingerprint density at radius 3 is 2.30 bits per heavy atom. The molecule has 2 saturated heterocycles. The van der Waals surface area contributed by atoms with E-state index in [1.807, 2.05) is 12.1 Å². The molecule has 0 unspecified atom stereocenters. The molecule has 30 heavy (non-hydrogen) atoms. The molecule has 11 heteroatoms. The van der Waals surface area contributed by atoms with Crippen molar-refractivity contribution >= 4 is 46.6 Å². The fourth-order valence-electron chi connectivity index (χ4n) is 3.62. The number of amides is 2. The number of carbonyl (C=O) groups is 2. The van der Waals surface area contributed by atoms with Crippen molar-refractivity contribution in [2.75, 3.05) is 44.2 Å². The average Bonchev–Trinajstić information content (AvgIpc) is 3.19. The van der Waals surface area contributed by atoms with Gasteiger partial charge >= 0.3 is 5.88 Å². The lowest BCUT2D eigenvalue weighted by atomic mass is 9.97. The van der Waals surface area contributed by atoms with Gasteiger partial charge in [-0.15, -0.1) is 0 Å². The number of nitro groups is 1. The molecule has 0 N–H and O–H groups in total. The van der Waals surface area contributed by atoms with E-state index in [2.05, 4.69) is 4.90 Å². The first-order valence-corrected chi connectivity index (χ1v) is 10.1. The van der Waals surface area contributed by atoms with Crippen molar-refractivity contribution in [3.8, 4) is 0 Å². The van der Waals surface area contributed by atoms with E-state index in [4.69, 9.17) is 27.6 Å². The van der Waals surface area contributed by atoms with Crippen LogP contribution in [0.3, 0.4) is 0 Å². The summed E-state index contributed by atoms with van der Waals surface area (Å²) in [5, 5.41) is 11.7. The first-order valence-electron chi connectivity index (χ1n) is 9.36. The van der Waals surface area contributed by atoms with E-state index in [0.717, 1.165) is 11.8 Å². The topological polar surface area (TPSA) is 100 Å². The van der Waals surface area contributed by atoms with E-state index in [1.54, 1.807) is 11.0 Å². The molecule has 2 aliphatic heterocycles. The van der Waals surface area contributed by atoms with Gasteiger partial charge in [-0.2, -0.15) is 0 Å². The summed E-state index contributed by atoms with van der Waals surface area (Å²) in [5.41, 5.74) is 0.962. The number of nitrogens with zero attached hydrogens (tertiary/aromatic N) is 4. The third kappa shape index (κ3) is 3.95. The van der Waals surface area contributed by atoms with Gasteiger partial charge in [0.25, 0.3) is 5.91 Å².